The van der Waals surface area contributed by atoms with E-state index in [1.54, 1.807) is 0 Å². The van der Waals surface area contributed by atoms with E-state index in [0.717, 1.165) is 10.7 Å². The molecule has 0 radical (unpaired) electrons. The molecule has 1 fully saturated rings. The Kier molecular flexibility index (Phi) is 2.71. The van der Waals surface area contributed by atoms with Crippen molar-refractivity contribution in [3.05, 3.63) is 23.0 Å². The number of aromatic nitrogens is 1. The van der Waals surface area contributed by atoms with Crippen molar-refractivity contribution in [1.82, 2.24) is 4.98 Å². The zero-order valence-corrected chi connectivity index (χ0v) is 10.4. The molecule has 0 aromatic carbocycles. The molecule has 1 heterocycles. The second kappa shape index (κ2) is 3.44. The van der Waals surface area contributed by atoms with Crippen molar-refractivity contribution in [2.24, 2.45) is 0 Å². The van der Waals surface area contributed by atoms with Gasteiger partial charge in [0.25, 0.3) is 0 Å². The third-order valence-corrected chi connectivity index (χ3v) is 4.36. The average Bonchev–Trinajstić information content (AvgIpc) is 2.77. The van der Waals surface area contributed by atoms with E-state index in [9.17, 15) is 0 Å². The van der Waals surface area contributed by atoms with Crippen LogP contribution in [0.25, 0.3) is 0 Å². The minimum atomic E-state index is 0.677. The minimum absolute atomic E-state index is 0.677. The van der Waals surface area contributed by atoms with Crippen molar-refractivity contribution < 1.29 is 0 Å². The van der Waals surface area contributed by atoms with Crippen LogP contribution in [0, 0.1) is 0 Å². The van der Waals surface area contributed by atoms with Crippen LogP contribution in [0.4, 0.5) is 0 Å². The van der Waals surface area contributed by atoms with E-state index in [1.165, 1.54) is 12.5 Å². The normalized spacial score (nSPS) is 17.0. The van der Waals surface area contributed by atoms with Crippen LogP contribution < -0.4 is -0.342 Å². The van der Waals surface area contributed by atoms with Crippen molar-refractivity contribution in [2.75, 3.05) is 0 Å². The summed E-state index contributed by atoms with van der Waals surface area (Å²) in [5.74, 6) is 0.685. The van der Waals surface area contributed by atoms with E-state index in [2.05, 4.69) is 4.98 Å². The topological polar surface area (TPSA) is 12.9 Å². The molecule has 1 aromatic rings. The number of hydrogen-bond acceptors (Lipinski definition) is 1. The second-order valence-corrected chi connectivity index (χ2v) is 5.16. The summed E-state index contributed by atoms with van der Waals surface area (Å²) in [7, 11) is 0. The van der Waals surface area contributed by atoms with Crippen LogP contribution in [0.5, 0.6) is 0 Å². The van der Waals surface area contributed by atoms with Gasteiger partial charge in [-0.1, -0.05) is 0 Å². The number of halogens is 1. The van der Waals surface area contributed by atoms with Crippen LogP contribution in [0.2, 0.25) is 5.02 Å². The van der Waals surface area contributed by atoms with Gasteiger partial charge in [0, 0.05) is 0 Å². The first kappa shape index (κ1) is 8.66. The molecule has 1 aromatic heterocycles. The van der Waals surface area contributed by atoms with E-state index in [1.807, 2.05) is 12.3 Å². The Balaban J connectivity index is 2.45. The summed E-state index contributed by atoms with van der Waals surface area (Å²) in [4.78, 5) is 4.30. The van der Waals surface area contributed by atoms with Gasteiger partial charge in [0.05, 0.1) is 0 Å². The first-order valence-electron chi connectivity index (χ1n) is 3.90. The molecular weight excluding hydrogens is 185 g/mol. The molecule has 0 amide bonds. The Labute approximate surface area is 105 Å². The molecule has 2 rings (SSSR count). The van der Waals surface area contributed by atoms with Crippen molar-refractivity contribution in [1.29, 1.82) is 0 Å². The standard InChI is InChI=1S/C8H7ClN.K/c9-7-2-1-5-10-8(7)6-3-4-6;/h1,5-6H,3-4H2;. The van der Waals surface area contributed by atoms with Gasteiger partial charge in [0.1, 0.15) is 0 Å². The van der Waals surface area contributed by atoms with Crippen LogP contribution in [0.15, 0.2) is 12.3 Å². The molecule has 1 aliphatic carbocycles. The van der Waals surface area contributed by atoms with Crippen molar-refractivity contribution in [3.63, 3.8) is 0 Å². The van der Waals surface area contributed by atoms with Gasteiger partial charge in [-0.25, -0.2) is 0 Å². The Morgan fingerprint density at radius 3 is 2.91 bits per heavy atom. The SMILES string of the molecule is Clc1[c]([K])ccnc1C1CC1. The third-order valence-electron chi connectivity index (χ3n) is 2.07. The number of rotatable bonds is 1. The number of nitrogens with zero attached hydrogens (tertiary/aromatic N) is 1. The van der Waals surface area contributed by atoms with E-state index in [4.69, 9.17) is 11.6 Å². The summed E-state index contributed by atoms with van der Waals surface area (Å²) in [6, 6.07) is 2.04. The summed E-state index contributed by atoms with van der Waals surface area (Å²) in [6.07, 6.45) is 4.45. The zero-order chi connectivity index (χ0) is 7.84. The molecule has 1 saturated carbocycles. The summed E-state index contributed by atoms with van der Waals surface area (Å²) in [5, 5.41) is 0.954. The third kappa shape index (κ3) is 1.87. The van der Waals surface area contributed by atoms with Gasteiger partial charge in [-0.05, 0) is 0 Å². The Morgan fingerprint density at radius 2 is 2.27 bits per heavy atom. The zero-order valence-electron chi connectivity index (χ0n) is 6.47. The maximum absolute atomic E-state index is 6.11. The molecule has 0 spiro atoms. The Morgan fingerprint density at radius 1 is 1.55 bits per heavy atom. The predicted molar refractivity (Wildman–Crippen MR) is 46.6 cm³/mol. The van der Waals surface area contributed by atoms with Crippen LogP contribution in [-0.4, -0.2) is 53.9 Å². The number of hydrogen-bond donors (Lipinski definition) is 0. The van der Waals surface area contributed by atoms with Crippen molar-refractivity contribution >= 4 is 60.2 Å². The van der Waals surface area contributed by atoms with Crippen LogP contribution in [0.1, 0.15) is 24.5 Å². The number of pyridine rings is 1. The van der Waals surface area contributed by atoms with Crippen LogP contribution >= 0.6 is 11.6 Å². The molecule has 0 bridgehead atoms. The average molecular weight is 192 g/mol. The maximum atomic E-state index is 6.11. The molecule has 0 aliphatic heterocycles. The van der Waals surface area contributed by atoms with Crippen molar-refractivity contribution in [2.45, 2.75) is 18.8 Å². The fourth-order valence-electron chi connectivity index (χ4n) is 1.20. The van der Waals surface area contributed by atoms with Crippen LogP contribution in [-0.2, 0) is 0 Å². The summed E-state index contributed by atoms with van der Waals surface area (Å²) in [5.41, 5.74) is 1.15. The second-order valence-electron chi connectivity index (χ2n) is 3.10. The molecule has 3 heteroatoms. The van der Waals surface area contributed by atoms with E-state index in [-0.39, 0.29) is 0 Å². The van der Waals surface area contributed by atoms with E-state index in [0.29, 0.717) is 54.9 Å². The molecule has 52 valence electrons. The summed E-state index contributed by atoms with van der Waals surface area (Å²) >= 11 is 6.79. The van der Waals surface area contributed by atoms with Gasteiger partial charge in [0.15, 0.2) is 0 Å². The molecule has 1 aliphatic rings. The Bertz CT molecular complexity index is 283. The van der Waals surface area contributed by atoms with E-state index < -0.39 is 0 Å². The molecular formula is C8H7ClKN. The summed E-state index contributed by atoms with van der Waals surface area (Å²) < 4.78 is 1.33. The van der Waals surface area contributed by atoms with Crippen molar-refractivity contribution in [3.8, 4) is 0 Å². The molecule has 11 heavy (non-hydrogen) atoms. The molecule has 0 unspecified atom stereocenters. The fourth-order valence-corrected chi connectivity index (χ4v) is 2.10. The van der Waals surface area contributed by atoms with Gasteiger partial charge in [-0.3, -0.25) is 0 Å². The van der Waals surface area contributed by atoms with Gasteiger partial charge >= 0.3 is 107 Å². The first-order valence-corrected chi connectivity index (χ1v) is 5.84. The molecule has 1 nitrogen and oxygen atoms in total. The first-order chi connectivity index (χ1) is 5.29. The predicted octanol–water partition coefficient (Wildman–Crippen LogP) is 1.41. The van der Waals surface area contributed by atoms with Gasteiger partial charge in [-0.2, -0.15) is 0 Å². The fraction of sp³-hybridized carbons (Fsp3) is 0.375. The Hall–Kier alpha value is 1.08. The monoisotopic (exact) mass is 191 g/mol. The molecule has 0 N–H and O–H groups in total. The summed E-state index contributed by atoms with van der Waals surface area (Å²) in [6.45, 7) is 0. The molecule has 0 atom stereocenters. The van der Waals surface area contributed by atoms with Gasteiger partial charge in [0.2, 0.25) is 0 Å². The quantitative estimate of drug-likeness (QED) is 0.612. The van der Waals surface area contributed by atoms with Gasteiger partial charge in [-0.15, -0.1) is 0 Å². The van der Waals surface area contributed by atoms with Gasteiger partial charge < -0.3 is 0 Å². The van der Waals surface area contributed by atoms with E-state index >= 15 is 0 Å². The molecule has 0 saturated heterocycles. The van der Waals surface area contributed by atoms with Crippen LogP contribution in [0.3, 0.4) is 0 Å².